The van der Waals surface area contributed by atoms with Gasteiger partial charge in [-0.15, -0.1) is 0 Å². The lowest BCUT2D eigenvalue weighted by molar-refractivity contribution is -0.133. The molecule has 152 valence electrons. The predicted octanol–water partition coefficient (Wildman–Crippen LogP) is 0.882. The highest BCUT2D eigenvalue weighted by Gasteiger charge is 2.47. The van der Waals surface area contributed by atoms with Gasteiger partial charge in [-0.1, -0.05) is 0 Å². The van der Waals surface area contributed by atoms with E-state index in [2.05, 4.69) is 30.4 Å². The Kier molecular flexibility index (Phi) is 5.20. The van der Waals surface area contributed by atoms with E-state index in [0.717, 1.165) is 64.3 Å². The van der Waals surface area contributed by atoms with Crippen LogP contribution in [0, 0.1) is 17.8 Å². The number of hydrogen-bond donors (Lipinski definition) is 2. The monoisotopic (exact) mass is 384 g/mol. The number of nitrogens with one attached hydrogen (secondary N) is 2. The molecular formula is C21H32N6O. The van der Waals surface area contributed by atoms with Crippen molar-refractivity contribution < 1.29 is 4.79 Å². The SMILES string of the molecule is O=C1NC2CC(CN3CCN(c4cnccn4)CC3)CCC2C2NCCCC12. The van der Waals surface area contributed by atoms with Crippen LogP contribution in [0.3, 0.4) is 0 Å². The minimum Gasteiger partial charge on any atom is -0.353 e. The highest BCUT2D eigenvalue weighted by molar-refractivity contribution is 5.81. The summed E-state index contributed by atoms with van der Waals surface area (Å²) < 4.78 is 0. The minimum absolute atomic E-state index is 0.209. The molecule has 7 nitrogen and oxygen atoms in total. The van der Waals surface area contributed by atoms with Crippen LogP contribution in [0.15, 0.2) is 18.6 Å². The fraction of sp³-hybridized carbons (Fsp3) is 0.762. The summed E-state index contributed by atoms with van der Waals surface area (Å²) in [6.07, 6.45) is 11.2. The molecular weight excluding hydrogens is 352 g/mol. The van der Waals surface area contributed by atoms with E-state index >= 15 is 0 Å². The summed E-state index contributed by atoms with van der Waals surface area (Å²) in [6.45, 7) is 6.44. The van der Waals surface area contributed by atoms with Crippen molar-refractivity contribution in [3.63, 3.8) is 0 Å². The first-order chi connectivity index (χ1) is 13.8. The molecule has 4 heterocycles. The van der Waals surface area contributed by atoms with Gasteiger partial charge in [-0.3, -0.25) is 14.7 Å². The van der Waals surface area contributed by atoms with Crippen LogP contribution in [0.2, 0.25) is 0 Å². The van der Waals surface area contributed by atoms with Gasteiger partial charge in [0.1, 0.15) is 5.82 Å². The Labute approximate surface area is 167 Å². The Balaban J connectivity index is 1.14. The van der Waals surface area contributed by atoms with Crippen LogP contribution in [0.25, 0.3) is 0 Å². The first-order valence-corrected chi connectivity index (χ1v) is 11.0. The van der Waals surface area contributed by atoms with Crippen LogP contribution in [-0.2, 0) is 4.79 Å². The molecule has 7 heteroatoms. The zero-order valence-electron chi connectivity index (χ0n) is 16.6. The number of carbonyl (C=O) groups excluding carboxylic acids is 1. The molecule has 4 fully saturated rings. The average Bonchev–Trinajstić information content (AvgIpc) is 2.75. The van der Waals surface area contributed by atoms with Gasteiger partial charge >= 0.3 is 0 Å². The van der Waals surface area contributed by atoms with Gasteiger partial charge in [0.25, 0.3) is 0 Å². The first kappa shape index (κ1) is 18.3. The Morgan fingerprint density at radius 1 is 1.11 bits per heavy atom. The Hall–Kier alpha value is -1.73. The minimum atomic E-state index is 0.209. The molecule has 1 aliphatic carbocycles. The third-order valence-corrected chi connectivity index (χ3v) is 7.41. The topological polar surface area (TPSA) is 73.4 Å². The van der Waals surface area contributed by atoms with Crippen molar-refractivity contribution in [1.82, 2.24) is 25.5 Å². The molecule has 1 amide bonds. The third kappa shape index (κ3) is 3.62. The van der Waals surface area contributed by atoms with Gasteiger partial charge in [-0.25, -0.2) is 4.98 Å². The van der Waals surface area contributed by atoms with E-state index in [9.17, 15) is 4.79 Å². The van der Waals surface area contributed by atoms with Crippen LogP contribution in [-0.4, -0.2) is 72.1 Å². The zero-order chi connectivity index (χ0) is 18.9. The van der Waals surface area contributed by atoms with Gasteiger partial charge in [0.2, 0.25) is 5.91 Å². The number of nitrogens with zero attached hydrogens (tertiary/aromatic N) is 4. The second-order valence-corrected chi connectivity index (χ2v) is 9.04. The standard InChI is InChI=1S/C21H32N6O/c28-21-17-2-1-5-24-20(17)16-4-3-15(12-18(16)25-21)14-26-8-10-27(11-9-26)19-13-22-6-7-23-19/h6-7,13,15-18,20,24H,1-5,8-12,14H2,(H,25,28). The van der Waals surface area contributed by atoms with E-state index in [1.54, 1.807) is 12.4 Å². The molecule has 5 unspecified atom stereocenters. The van der Waals surface area contributed by atoms with Gasteiger partial charge in [0, 0.05) is 57.2 Å². The summed E-state index contributed by atoms with van der Waals surface area (Å²) in [6, 6.07) is 0.794. The smallest absolute Gasteiger partial charge is 0.224 e. The third-order valence-electron chi connectivity index (χ3n) is 7.41. The number of rotatable bonds is 3. The molecule has 3 aliphatic heterocycles. The van der Waals surface area contributed by atoms with Gasteiger partial charge < -0.3 is 15.5 Å². The van der Waals surface area contributed by atoms with Crippen LogP contribution >= 0.6 is 0 Å². The van der Waals surface area contributed by atoms with Gasteiger partial charge in [-0.2, -0.15) is 0 Å². The van der Waals surface area contributed by atoms with Crippen molar-refractivity contribution >= 4 is 11.7 Å². The van der Waals surface area contributed by atoms with Crippen LogP contribution < -0.4 is 15.5 Å². The largest absolute Gasteiger partial charge is 0.353 e. The summed E-state index contributed by atoms with van der Waals surface area (Å²) in [7, 11) is 0. The maximum atomic E-state index is 12.6. The van der Waals surface area contributed by atoms with E-state index in [-0.39, 0.29) is 5.92 Å². The molecule has 0 radical (unpaired) electrons. The Morgan fingerprint density at radius 2 is 2.00 bits per heavy atom. The molecule has 3 saturated heterocycles. The van der Waals surface area contributed by atoms with Gasteiger partial charge in [-0.05, 0) is 50.5 Å². The zero-order valence-corrected chi connectivity index (χ0v) is 16.6. The van der Waals surface area contributed by atoms with Crippen molar-refractivity contribution in [3.05, 3.63) is 18.6 Å². The quantitative estimate of drug-likeness (QED) is 0.806. The lowest BCUT2D eigenvalue weighted by Gasteiger charge is -2.50. The van der Waals surface area contributed by atoms with Gasteiger partial charge in [0.05, 0.1) is 12.1 Å². The molecule has 4 aliphatic rings. The van der Waals surface area contributed by atoms with Crippen LogP contribution in [0.5, 0.6) is 0 Å². The maximum Gasteiger partial charge on any atom is 0.224 e. The van der Waals surface area contributed by atoms with E-state index in [0.29, 0.717) is 29.8 Å². The summed E-state index contributed by atoms with van der Waals surface area (Å²) in [5.74, 6) is 2.83. The van der Waals surface area contributed by atoms with E-state index < -0.39 is 0 Å². The number of aromatic nitrogens is 2. The molecule has 0 aromatic carbocycles. The summed E-state index contributed by atoms with van der Waals surface area (Å²) in [5.41, 5.74) is 0. The summed E-state index contributed by atoms with van der Waals surface area (Å²) in [4.78, 5) is 26.1. The number of piperazine rings is 1. The molecule has 2 N–H and O–H groups in total. The fourth-order valence-corrected chi connectivity index (χ4v) is 5.97. The second kappa shape index (κ2) is 7.95. The molecule has 5 rings (SSSR count). The number of piperidine rings is 2. The van der Waals surface area contributed by atoms with Crippen molar-refractivity contribution in [2.24, 2.45) is 17.8 Å². The Morgan fingerprint density at radius 3 is 2.82 bits per heavy atom. The maximum absolute atomic E-state index is 12.6. The number of hydrogen-bond acceptors (Lipinski definition) is 6. The van der Waals surface area contributed by atoms with Gasteiger partial charge in [0.15, 0.2) is 0 Å². The van der Waals surface area contributed by atoms with E-state index in [1.807, 2.05) is 6.20 Å². The molecule has 0 bridgehead atoms. The average molecular weight is 385 g/mol. The highest BCUT2D eigenvalue weighted by Crippen LogP contribution is 2.39. The van der Waals surface area contributed by atoms with Crippen molar-refractivity contribution in [2.75, 3.05) is 44.2 Å². The van der Waals surface area contributed by atoms with Crippen LogP contribution in [0.4, 0.5) is 5.82 Å². The number of fused-ring (bicyclic) bond motifs is 3. The highest BCUT2D eigenvalue weighted by atomic mass is 16.2. The molecule has 28 heavy (non-hydrogen) atoms. The number of carbonyl (C=O) groups is 1. The first-order valence-electron chi connectivity index (χ1n) is 11.0. The number of anilines is 1. The lowest BCUT2D eigenvalue weighted by atomic mass is 9.67. The summed E-state index contributed by atoms with van der Waals surface area (Å²) >= 11 is 0. The summed E-state index contributed by atoms with van der Waals surface area (Å²) in [5, 5.41) is 7.07. The molecule has 1 aromatic rings. The number of amides is 1. The normalized spacial score (nSPS) is 36.4. The van der Waals surface area contributed by atoms with Crippen molar-refractivity contribution in [1.29, 1.82) is 0 Å². The van der Waals surface area contributed by atoms with E-state index in [1.165, 1.54) is 12.8 Å². The Bertz CT molecular complexity index is 677. The second-order valence-electron chi connectivity index (χ2n) is 9.04. The van der Waals surface area contributed by atoms with E-state index in [4.69, 9.17) is 0 Å². The lowest BCUT2D eigenvalue weighted by Crippen LogP contribution is -2.64. The molecule has 1 saturated carbocycles. The predicted molar refractivity (Wildman–Crippen MR) is 108 cm³/mol. The van der Waals surface area contributed by atoms with Crippen molar-refractivity contribution in [3.8, 4) is 0 Å². The fourth-order valence-electron chi connectivity index (χ4n) is 5.97. The molecule has 5 atom stereocenters. The van der Waals surface area contributed by atoms with Crippen molar-refractivity contribution in [2.45, 2.75) is 44.2 Å². The van der Waals surface area contributed by atoms with Crippen LogP contribution in [0.1, 0.15) is 32.1 Å². The molecule has 0 spiro atoms. The molecule has 1 aromatic heterocycles.